The zero-order valence-electron chi connectivity index (χ0n) is 9.33. The molecule has 1 aliphatic heterocycles. The highest BCUT2D eigenvalue weighted by atomic mass is 32.1. The first-order chi connectivity index (χ1) is 7.38. The fourth-order valence-corrected chi connectivity index (χ4v) is 1.65. The van der Waals surface area contributed by atoms with Gasteiger partial charge in [0.2, 0.25) is 0 Å². The molecule has 0 aliphatic carbocycles. The van der Waals surface area contributed by atoms with E-state index < -0.39 is 0 Å². The smallest absolute Gasteiger partial charge is 0.129 e. The fourth-order valence-electron chi connectivity index (χ4n) is 1.39. The Kier molecular flexibility index (Phi) is 5.26. The monoisotopic (exact) mass is 222 g/mol. The molecule has 0 radical (unpaired) electrons. The Labute approximate surface area is 97.2 Å². The molecule has 82 valence electrons. The van der Waals surface area contributed by atoms with Crippen LogP contribution in [0.4, 0.5) is 0 Å². The molecule has 0 unspecified atom stereocenters. The van der Waals surface area contributed by atoms with Crippen LogP contribution in [0.1, 0.15) is 25.8 Å². The Balaban J connectivity index is 0.000000531. The minimum Gasteiger partial charge on any atom is -0.370 e. The number of nitrogens with zero attached hydrogens (tertiary/aromatic N) is 1. The van der Waals surface area contributed by atoms with Crippen molar-refractivity contribution in [2.75, 3.05) is 13.1 Å². The molecule has 0 saturated heterocycles. The van der Waals surface area contributed by atoms with Crippen molar-refractivity contribution in [3.63, 3.8) is 0 Å². The number of hydrogen-bond donors (Lipinski definition) is 2. The van der Waals surface area contributed by atoms with Crippen LogP contribution >= 0.6 is 12.6 Å². The Hall–Kier alpha value is -0.960. The Morgan fingerprint density at radius 2 is 2.00 bits per heavy atom. The molecule has 0 amide bonds. The van der Waals surface area contributed by atoms with Crippen LogP contribution in [-0.2, 0) is 0 Å². The van der Waals surface area contributed by atoms with Crippen molar-refractivity contribution in [3.05, 3.63) is 29.8 Å². The van der Waals surface area contributed by atoms with Gasteiger partial charge in [-0.05, 0) is 12.5 Å². The van der Waals surface area contributed by atoms with E-state index in [0.29, 0.717) is 0 Å². The predicted molar refractivity (Wildman–Crippen MR) is 69.1 cm³/mol. The van der Waals surface area contributed by atoms with Gasteiger partial charge in [0.25, 0.3) is 0 Å². The summed E-state index contributed by atoms with van der Waals surface area (Å²) in [6.07, 6.45) is 1.12. The largest absolute Gasteiger partial charge is 0.370 e. The summed E-state index contributed by atoms with van der Waals surface area (Å²) >= 11 is 4.39. The topological polar surface area (TPSA) is 24.4 Å². The van der Waals surface area contributed by atoms with Crippen LogP contribution in [0, 0.1) is 0 Å². The quantitative estimate of drug-likeness (QED) is 0.702. The number of amidine groups is 1. The van der Waals surface area contributed by atoms with Crippen molar-refractivity contribution in [1.82, 2.24) is 5.32 Å². The lowest BCUT2D eigenvalue weighted by molar-refractivity contribution is 0.741. The second-order valence-electron chi connectivity index (χ2n) is 3.03. The molecule has 15 heavy (non-hydrogen) atoms. The number of rotatable bonds is 1. The molecule has 1 N–H and O–H groups in total. The van der Waals surface area contributed by atoms with Gasteiger partial charge < -0.3 is 5.32 Å². The summed E-state index contributed by atoms with van der Waals surface area (Å²) in [5.74, 6) is 0.983. The molecule has 0 aromatic heterocycles. The van der Waals surface area contributed by atoms with Crippen LogP contribution in [0.25, 0.3) is 0 Å². The normalized spacial score (nSPS) is 14.5. The van der Waals surface area contributed by atoms with E-state index in [1.54, 1.807) is 0 Å². The SMILES string of the molecule is CC.Sc1ccccc1C1=NCCCN1. The van der Waals surface area contributed by atoms with E-state index in [0.717, 1.165) is 35.8 Å². The average Bonchev–Trinajstić information content (AvgIpc) is 2.33. The van der Waals surface area contributed by atoms with Gasteiger partial charge in [0.15, 0.2) is 0 Å². The highest BCUT2D eigenvalue weighted by Crippen LogP contribution is 2.14. The first-order valence-corrected chi connectivity index (χ1v) is 5.89. The fraction of sp³-hybridized carbons (Fsp3) is 0.417. The minimum atomic E-state index is 0.921. The molecule has 1 aromatic rings. The molecule has 0 spiro atoms. The van der Waals surface area contributed by atoms with E-state index in [1.807, 2.05) is 38.1 Å². The van der Waals surface area contributed by atoms with Crippen LogP contribution in [0.3, 0.4) is 0 Å². The average molecular weight is 222 g/mol. The maximum absolute atomic E-state index is 4.42. The van der Waals surface area contributed by atoms with E-state index >= 15 is 0 Å². The number of benzene rings is 1. The Morgan fingerprint density at radius 3 is 2.60 bits per heavy atom. The number of nitrogens with one attached hydrogen (secondary N) is 1. The standard InChI is InChI=1S/C10H12N2S.C2H6/c13-9-5-2-1-4-8(9)10-11-6-3-7-12-10;1-2/h1-2,4-5,13H,3,6-7H2,(H,11,12);1-2H3. The maximum Gasteiger partial charge on any atom is 0.129 e. The summed E-state index contributed by atoms with van der Waals surface area (Å²) < 4.78 is 0. The van der Waals surface area contributed by atoms with Crippen molar-refractivity contribution < 1.29 is 0 Å². The van der Waals surface area contributed by atoms with Gasteiger partial charge in [-0.25, -0.2) is 0 Å². The van der Waals surface area contributed by atoms with Crippen LogP contribution in [-0.4, -0.2) is 18.9 Å². The molecule has 0 fully saturated rings. The van der Waals surface area contributed by atoms with Crippen LogP contribution in [0.2, 0.25) is 0 Å². The number of thiol groups is 1. The van der Waals surface area contributed by atoms with Crippen molar-refractivity contribution in [3.8, 4) is 0 Å². The lowest BCUT2D eigenvalue weighted by Crippen LogP contribution is -2.30. The van der Waals surface area contributed by atoms with Crippen molar-refractivity contribution in [1.29, 1.82) is 0 Å². The Morgan fingerprint density at radius 1 is 1.27 bits per heavy atom. The maximum atomic E-state index is 4.42. The molecule has 3 heteroatoms. The van der Waals surface area contributed by atoms with E-state index in [-0.39, 0.29) is 0 Å². The molecule has 1 heterocycles. The highest BCUT2D eigenvalue weighted by molar-refractivity contribution is 7.80. The summed E-state index contributed by atoms with van der Waals surface area (Å²) in [5, 5.41) is 3.28. The van der Waals surface area contributed by atoms with E-state index in [1.165, 1.54) is 0 Å². The Bertz CT molecular complexity index is 334. The molecule has 2 rings (SSSR count). The predicted octanol–water partition coefficient (Wildman–Crippen LogP) is 2.74. The van der Waals surface area contributed by atoms with Gasteiger partial charge in [0, 0.05) is 23.5 Å². The third kappa shape index (κ3) is 3.27. The zero-order valence-corrected chi connectivity index (χ0v) is 10.2. The van der Waals surface area contributed by atoms with E-state index in [9.17, 15) is 0 Å². The zero-order chi connectivity index (χ0) is 11.1. The summed E-state index contributed by atoms with van der Waals surface area (Å²) in [4.78, 5) is 5.40. The van der Waals surface area contributed by atoms with Crippen molar-refractivity contribution in [2.45, 2.75) is 25.2 Å². The lowest BCUT2D eigenvalue weighted by Gasteiger charge is -2.15. The first-order valence-electron chi connectivity index (χ1n) is 5.44. The molecule has 2 nitrogen and oxygen atoms in total. The van der Waals surface area contributed by atoms with Gasteiger partial charge in [0.05, 0.1) is 0 Å². The molecule has 0 atom stereocenters. The summed E-state index contributed by atoms with van der Waals surface area (Å²) in [6.45, 7) is 5.94. The van der Waals surface area contributed by atoms with Gasteiger partial charge in [-0.3, -0.25) is 4.99 Å². The molecular weight excluding hydrogens is 204 g/mol. The van der Waals surface area contributed by atoms with Gasteiger partial charge in [0.1, 0.15) is 5.84 Å². The molecule has 0 bridgehead atoms. The third-order valence-electron chi connectivity index (χ3n) is 2.06. The van der Waals surface area contributed by atoms with Crippen molar-refractivity contribution in [2.24, 2.45) is 4.99 Å². The number of hydrogen-bond acceptors (Lipinski definition) is 3. The van der Waals surface area contributed by atoms with Gasteiger partial charge in [-0.15, -0.1) is 12.6 Å². The van der Waals surface area contributed by atoms with Crippen LogP contribution in [0.5, 0.6) is 0 Å². The first kappa shape index (κ1) is 12.1. The summed E-state index contributed by atoms with van der Waals surface area (Å²) in [5.41, 5.74) is 1.10. The van der Waals surface area contributed by atoms with Crippen LogP contribution in [0.15, 0.2) is 34.2 Å². The van der Waals surface area contributed by atoms with Gasteiger partial charge in [-0.2, -0.15) is 0 Å². The summed E-state index contributed by atoms with van der Waals surface area (Å²) in [7, 11) is 0. The van der Waals surface area contributed by atoms with Gasteiger partial charge in [-0.1, -0.05) is 32.0 Å². The molecule has 0 saturated carbocycles. The minimum absolute atomic E-state index is 0.921. The summed E-state index contributed by atoms with van der Waals surface area (Å²) in [6, 6.07) is 8.01. The van der Waals surface area contributed by atoms with Crippen LogP contribution < -0.4 is 5.32 Å². The molecular formula is C12H18N2S. The van der Waals surface area contributed by atoms with E-state index in [4.69, 9.17) is 0 Å². The highest BCUT2D eigenvalue weighted by Gasteiger charge is 2.08. The second-order valence-corrected chi connectivity index (χ2v) is 3.51. The third-order valence-corrected chi connectivity index (χ3v) is 2.45. The lowest BCUT2D eigenvalue weighted by atomic mass is 10.2. The van der Waals surface area contributed by atoms with Crippen molar-refractivity contribution >= 4 is 18.5 Å². The molecule has 1 aromatic carbocycles. The number of aliphatic imine (C=N–C) groups is 1. The molecule has 1 aliphatic rings. The van der Waals surface area contributed by atoms with Gasteiger partial charge >= 0.3 is 0 Å². The van der Waals surface area contributed by atoms with E-state index in [2.05, 4.69) is 22.9 Å². The second kappa shape index (κ2) is 6.51.